The number of para-hydroxylation sites is 1. The number of nitrogens with one attached hydrogen (secondary N) is 1. The van der Waals surface area contributed by atoms with Gasteiger partial charge in [0.25, 0.3) is 0 Å². The molecule has 3 aliphatic rings. The first-order valence-corrected chi connectivity index (χ1v) is 10.7. The van der Waals surface area contributed by atoms with Crippen LogP contribution in [0, 0.1) is 5.92 Å². The number of benzene rings is 2. The van der Waals surface area contributed by atoms with E-state index in [-0.39, 0.29) is 12.1 Å². The predicted octanol–water partition coefficient (Wildman–Crippen LogP) is 6.38. The molecule has 146 valence electrons. The number of halogens is 2. The van der Waals surface area contributed by atoms with Gasteiger partial charge in [0, 0.05) is 28.1 Å². The highest BCUT2D eigenvalue weighted by atomic mass is 35.5. The second kappa shape index (κ2) is 7.62. The maximum absolute atomic E-state index is 6.57. The van der Waals surface area contributed by atoms with E-state index >= 15 is 0 Å². The molecule has 2 heterocycles. The molecule has 4 unspecified atom stereocenters. The van der Waals surface area contributed by atoms with E-state index in [1.165, 1.54) is 5.56 Å². The van der Waals surface area contributed by atoms with Crippen molar-refractivity contribution in [2.24, 2.45) is 5.92 Å². The van der Waals surface area contributed by atoms with Gasteiger partial charge in [-0.1, -0.05) is 53.6 Å². The summed E-state index contributed by atoms with van der Waals surface area (Å²) >= 11 is 13.1. The zero-order valence-corrected chi connectivity index (χ0v) is 17.0. The van der Waals surface area contributed by atoms with Gasteiger partial charge in [-0.05, 0) is 48.9 Å². The third kappa shape index (κ3) is 3.20. The minimum atomic E-state index is 0.0428. The van der Waals surface area contributed by atoms with Gasteiger partial charge in [0.2, 0.25) is 0 Å². The van der Waals surface area contributed by atoms with Crippen LogP contribution < -0.4 is 10.1 Å². The Bertz CT molecular complexity index is 887. The highest BCUT2D eigenvalue weighted by molar-refractivity contribution is 6.36. The highest BCUT2D eigenvalue weighted by Gasteiger charge is 2.40. The van der Waals surface area contributed by atoms with Gasteiger partial charge in [0.1, 0.15) is 12.4 Å². The molecule has 2 aromatic rings. The van der Waals surface area contributed by atoms with Gasteiger partial charge < -0.3 is 14.8 Å². The molecule has 3 nitrogen and oxygen atoms in total. The summed E-state index contributed by atoms with van der Waals surface area (Å²) in [4.78, 5) is 0. The van der Waals surface area contributed by atoms with Crippen molar-refractivity contribution >= 4 is 28.9 Å². The highest BCUT2D eigenvalue weighted by Crippen LogP contribution is 2.53. The molecule has 4 atom stereocenters. The first-order valence-electron chi connectivity index (χ1n) is 9.97. The molecule has 1 aliphatic carbocycles. The van der Waals surface area contributed by atoms with Crippen LogP contribution in [0.3, 0.4) is 0 Å². The van der Waals surface area contributed by atoms with E-state index in [0.717, 1.165) is 42.9 Å². The summed E-state index contributed by atoms with van der Waals surface area (Å²) in [5.41, 5.74) is 3.31. The van der Waals surface area contributed by atoms with E-state index in [1.807, 2.05) is 24.3 Å². The second-order valence-electron chi connectivity index (χ2n) is 7.78. The molecule has 0 spiro atoms. The van der Waals surface area contributed by atoms with Crippen LogP contribution in [0.1, 0.15) is 42.3 Å². The summed E-state index contributed by atoms with van der Waals surface area (Å²) in [6.45, 7) is 1.42. The summed E-state index contributed by atoms with van der Waals surface area (Å²) in [5, 5.41) is 5.15. The molecule has 1 saturated heterocycles. The van der Waals surface area contributed by atoms with Crippen molar-refractivity contribution in [2.45, 2.75) is 37.3 Å². The van der Waals surface area contributed by atoms with Crippen LogP contribution in [0.15, 0.2) is 48.6 Å². The number of rotatable bonds is 4. The molecule has 2 aliphatic heterocycles. The maximum atomic E-state index is 6.57. The Hall–Kier alpha value is -1.68. The quantitative estimate of drug-likeness (QED) is 0.587. The summed E-state index contributed by atoms with van der Waals surface area (Å²) in [7, 11) is 0. The summed E-state index contributed by atoms with van der Waals surface area (Å²) in [6.07, 6.45) is 7.95. The molecule has 1 N–H and O–H groups in total. The lowest BCUT2D eigenvalue weighted by Crippen LogP contribution is -2.30. The van der Waals surface area contributed by atoms with E-state index < -0.39 is 0 Å². The molecule has 0 amide bonds. The number of ether oxygens (including phenoxy) is 2. The van der Waals surface area contributed by atoms with Gasteiger partial charge in [0.15, 0.2) is 0 Å². The molecular formula is C23H23Cl2NO2. The summed E-state index contributed by atoms with van der Waals surface area (Å²) in [6, 6.07) is 12.1. The lowest BCUT2D eigenvalue weighted by molar-refractivity contribution is 0.0681. The molecule has 5 heteroatoms. The Morgan fingerprint density at radius 2 is 1.93 bits per heavy atom. The number of allylic oxidation sites excluding steroid dienone is 2. The number of anilines is 1. The summed E-state index contributed by atoms with van der Waals surface area (Å²) < 4.78 is 11.9. The number of hydrogen-bond donors (Lipinski definition) is 1. The zero-order chi connectivity index (χ0) is 19.1. The third-order valence-corrected chi connectivity index (χ3v) is 6.78. The van der Waals surface area contributed by atoms with Crippen LogP contribution in [0.4, 0.5) is 5.69 Å². The normalized spacial score (nSPS) is 27.9. The van der Waals surface area contributed by atoms with Crippen LogP contribution in [0.25, 0.3) is 0 Å². The fourth-order valence-electron chi connectivity index (χ4n) is 4.77. The van der Waals surface area contributed by atoms with E-state index in [2.05, 4.69) is 29.6 Å². The van der Waals surface area contributed by atoms with Crippen molar-refractivity contribution in [1.29, 1.82) is 0 Å². The van der Waals surface area contributed by atoms with Crippen LogP contribution in [0.5, 0.6) is 5.75 Å². The SMILES string of the molecule is Clc1cccc(Cl)c1C1Nc2c(OCC3CCCO3)cccc2C2C=CCC21. The van der Waals surface area contributed by atoms with Crippen molar-refractivity contribution in [3.63, 3.8) is 0 Å². The average molecular weight is 416 g/mol. The molecule has 1 fully saturated rings. The minimum Gasteiger partial charge on any atom is -0.489 e. The maximum Gasteiger partial charge on any atom is 0.142 e. The van der Waals surface area contributed by atoms with Crippen molar-refractivity contribution in [3.05, 3.63) is 69.7 Å². The molecule has 0 aromatic heterocycles. The lowest BCUT2D eigenvalue weighted by Gasteiger charge is -2.39. The van der Waals surface area contributed by atoms with Gasteiger partial charge in [0.05, 0.1) is 17.8 Å². The molecule has 0 saturated carbocycles. The average Bonchev–Trinajstić information content (AvgIpc) is 3.38. The minimum absolute atomic E-state index is 0.0428. The van der Waals surface area contributed by atoms with Gasteiger partial charge in [-0.3, -0.25) is 0 Å². The first-order chi connectivity index (χ1) is 13.7. The largest absolute Gasteiger partial charge is 0.489 e. The van der Waals surface area contributed by atoms with E-state index in [0.29, 0.717) is 28.5 Å². The number of hydrogen-bond acceptors (Lipinski definition) is 3. The second-order valence-corrected chi connectivity index (χ2v) is 8.59. The van der Waals surface area contributed by atoms with Gasteiger partial charge >= 0.3 is 0 Å². The van der Waals surface area contributed by atoms with Gasteiger partial charge in [-0.25, -0.2) is 0 Å². The van der Waals surface area contributed by atoms with Gasteiger partial charge in [-0.15, -0.1) is 0 Å². The molecule has 0 radical (unpaired) electrons. The van der Waals surface area contributed by atoms with Crippen molar-refractivity contribution in [1.82, 2.24) is 0 Å². The predicted molar refractivity (Wildman–Crippen MR) is 114 cm³/mol. The van der Waals surface area contributed by atoms with Crippen LogP contribution in [-0.2, 0) is 4.74 Å². The van der Waals surface area contributed by atoms with Gasteiger partial charge in [-0.2, -0.15) is 0 Å². The zero-order valence-electron chi connectivity index (χ0n) is 15.5. The first kappa shape index (κ1) is 18.4. The van der Waals surface area contributed by atoms with Crippen molar-refractivity contribution < 1.29 is 9.47 Å². The standard InChI is InChI=1S/C23H23Cl2NO2/c24-18-9-3-10-19(25)21(18)23-17-7-1-6-15(17)16-8-2-11-20(22(16)26-23)28-13-14-5-4-12-27-14/h1-3,6,8-11,14-15,17,23,26H,4-5,7,12-13H2. The lowest BCUT2D eigenvalue weighted by atomic mass is 9.77. The van der Waals surface area contributed by atoms with E-state index in [9.17, 15) is 0 Å². The van der Waals surface area contributed by atoms with E-state index in [4.69, 9.17) is 32.7 Å². The van der Waals surface area contributed by atoms with Crippen LogP contribution >= 0.6 is 23.2 Å². The monoisotopic (exact) mass is 415 g/mol. The Morgan fingerprint density at radius 1 is 1.11 bits per heavy atom. The van der Waals surface area contributed by atoms with Crippen LogP contribution in [0.2, 0.25) is 10.0 Å². The fraction of sp³-hybridized carbons (Fsp3) is 0.391. The Morgan fingerprint density at radius 3 is 2.71 bits per heavy atom. The molecule has 2 aromatic carbocycles. The number of fused-ring (bicyclic) bond motifs is 3. The van der Waals surface area contributed by atoms with E-state index in [1.54, 1.807) is 0 Å². The topological polar surface area (TPSA) is 30.5 Å². The molecule has 28 heavy (non-hydrogen) atoms. The third-order valence-electron chi connectivity index (χ3n) is 6.12. The Kier molecular flexibility index (Phi) is 5.00. The summed E-state index contributed by atoms with van der Waals surface area (Å²) in [5.74, 6) is 1.60. The van der Waals surface area contributed by atoms with Crippen molar-refractivity contribution in [2.75, 3.05) is 18.5 Å². The molecule has 5 rings (SSSR count). The smallest absolute Gasteiger partial charge is 0.142 e. The molecular weight excluding hydrogens is 393 g/mol. The fourth-order valence-corrected chi connectivity index (χ4v) is 5.40. The Balaban J connectivity index is 1.51. The van der Waals surface area contributed by atoms with Crippen molar-refractivity contribution in [3.8, 4) is 5.75 Å². The Labute approximate surface area is 175 Å². The van der Waals surface area contributed by atoms with Crippen LogP contribution in [-0.4, -0.2) is 19.3 Å². The molecule has 0 bridgehead atoms.